The van der Waals surface area contributed by atoms with Gasteiger partial charge < -0.3 is 10.2 Å². The minimum Gasteiger partial charge on any atom is -0.508 e. The second-order valence-electron chi connectivity index (χ2n) is 3.76. The van der Waals surface area contributed by atoms with Gasteiger partial charge in [0.15, 0.2) is 0 Å². The molecule has 1 atom stereocenters. The zero-order valence-corrected chi connectivity index (χ0v) is 10.2. The minimum atomic E-state index is -0.918. The van der Waals surface area contributed by atoms with Crippen LogP contribution in [0.15, 0.2) is 22.7 Å². The van der Waals surface area contributed by atoms with Gasteiger partial charge in [0, 0.05) is 10.0 Å². The van der Waals surface area contributed by atoms with Crippen molar-refractivity contribution < 1.29 is 15.0 Å². The average molecular weight is 273 g/mol. The largest absolute Gasteiger partial charge is 0.508 e. The maximum atomic E-state index is 11.1. The molecular formula is C11H13BrO3. The first-order valence-corrected chi connectivity index (χ1v) is 5.44. The first kappa shape index (κ1) is 12.0. The molecule has 0 saturated heterocycles. The fourth-order valence-electron chi connectivity index (χ4n) is 1.55. The molecule has 0 fully saturated rings. The summed E-state index contributed by atoms with van der Waals surface area (Å²) in [5.41, 5.74) is 0.451. The quantitative estimate of drug-likeness (QED) is 0.890. The van der Waals surface area contributed by atoms with Crippen LogP contribution in [-0.4, -0.2) is 16.2 Å². The van der Waals surface area contributed by atoms with Gasteiger partial charge in [-0.1, -0.05) is 29.8 Å². The molecule has 0 aliphatic carbocycles. The van der Waals surface area contributed by atoms with E-state index in [-0.39, 0.29) is 11.7 Å². The van der Waals surface area contributed by atoms with Crippen molar-refractivity contribution in [2.45, 2.75) is 19.8 Å². The zero-order chi connectivity index (χ0) is 11.6. The van der Waals surface area contributed by atoms with Crippen molar-refractivity contribution in [2.75, 3.05) is 0 Å². The van der Waals surface area contributed by atoms with Crippen LogP contribution in [0.5, 0.6) is 5.75 Å². The number of halogens is 1. The number of hydrogen-bond acceptors (Lipinski definition) is 2. The minimum absolute atomic E-state index is 0.0271. The molecule has 3 nitrogen and oxygen atoms in total. The number of phenols is 1. The maximum Gasteiger partial charge on any atom is 0.311 e. The Balaban J connectivity index is 3.22. The summed E-state index contributed by atoms with van der Waals surface area (Å²) in [6, 6.07) is 4.82. The first-order chi connectivity index (χ1) is 6.93. The van der Waals surface area contributed by atoms with Gasteiger partial charge in [-0.05, 0) is 24.1 Å². The second-order valence-corrected chi connectivity index (χ2v) is 4.68. The zero-order valence-electron chi connectivity index (χ0n) is 8.57. The number of aromatic hydroxyl groups is 1. The molecule has 82 valence electrons. The van der Waals surface area contributed by atoms with E-state index in [9.17, 15) is 9.90 Å². The van der Waals surface area contributed by atoms with E-state index in [1.54, 1.807) is 12.1 Å². The Morgan fingerprint density at radius 2 is 2.00 bits per heavy atom. The topological polar surface area (TPSA) is 57.5 Å². The predicted octanol–water partition coefficient (Wildman–Crippen LogP) is 2.98. The van der Waals surface area contributed by atoms with Crippen LogP contribution in [-0.2, 0) is 4.79 Å². The van der Waals surface area contributed by atoms with Crippen LogP contribution in [0, 0.1) is 5.92 Å². The number of carboxylic acid groups (broad SMARTS) is 1. The van der Waals surface area contributed by atoms with Gasteiger partial charge in [0.2, 0.25) is 0 Å². The molecule has 0 aromatic heterocycles. The summed E-state index contributed by atoms with van der Waals surface area (Å²) in [5, 5.41) is 18.7. The van der Waals surface area contributed by atoms with Crippen molar-refractivity contribution in [3.63, 3.8) is 0 Å². The van der Waals surface area contributed by atoms with Crippen LogP contribution in [0.4, 0.5) is 0 Å². The third-order valence-corrected chi connectivity index (χ3v) is 2.75. The maximum absolute atomic E-state index is 11.1. The van der Waals surface area contributed by atoms with Gasteiger partial charge in [-0.2, -0.15) is 0 Å². The highest BCUT2D eigenvalue weighted by atomic mass is 79.9. The summed E-state index contributed by atoms with van der Waals surface area (Å²) in [4.78, 5) is 11.1. The smallest absolute Gasteiger partial charge is 0.311 e. The van der Waals surface area contributed by atoms with Crippen LogP contribution >= 0.6 is 15.9 Å². The SMILES string of the molecule is CC(C)C(C(=O)O)c1cc(Br)ccc1O. The molecule has 15 heavy (non-hydrogen) atoms. The highest BCUT2D eigenvalue weighted by Gasteiger charge is 2.26. The molecule has 0 bridgehead atoms. The number of benzene rings is 1. The van der Waals surface area contributed by atoms with Crippen molar-refractivity contribution in [3.05, 3.63) is 28.2 Å². The van der Waals surface area contributed by atoms with E-state index in [0.717, 1.165) is 4.47 Å². The molecule has 0 spiro atoms. The van der Waals surface area contributed by atoms with Crippen LogP contribution in [0.3, 0.4) is 0 Å². The molecule has 1 aromatic rings. The lowest BCUT2D eigenvalue weighted by atomic mass is 9.88. The molecule has 0 aliphatic heterocycles. The van der Waals surface area contributed by atoms with Crippen molar-refractivity contribution in [3.8, 4) is 5.75 Å². The highest BCUT2D eigenvalue weighted by Crippen LogP contribution is 2.33. The van der Waals surface area contributed by atoms with Crippen molar-refractivity contribution in [2.24, 2.45) is 5.92 Å². The first-order valence-electron chi connectivity index (χ1n) is 4.64. The highest BCUT2D eigenvalue weighted by molar-refractivity contribution is 9.10. The predicted molar refractivity (Wildman–Crippen MR) is 61.0 cm³/mol. The molecule has 0 saturated carbocycles. The molecule has 1 aromatic carbocycles. The van der Waals surface area contributed by atoms with Crippen LogP contribution in [0.2, 0.25) is 0 Å². The molecule has 0 radical (unpaired) electrons. The number of carboxylic acids is 1. The number of aliphatic carboxylic acids is 1. The lowest BCUT2D eigenvalue weighted by Gasteiger charge is -2.17. The Labute approximate surface area is 96.9 Å². The molecule has 1 rings (SSSR count). The average Bonchev–Trinajstić information content (AvgIpc) is 2.10. The summed E-state index contributed by atoms with van der Waals surface area (Å²) >= 11 is 3.26. The third-order valence-electron chi connectivity index (χ3n) is 2.26. The molecular weight excluding hydrogens is 260 g/mol. The Morgan fingerprint density at radius 1 is 1.40 bits per heavy atom. The van der Waals surface area contributed by atoms with E-state index in [1.807, 2.05) is 13.8 Å². The van der Waals surface area contributed by atoms with Gasteiger partial charge >= 0.3 is 5.97 Å². The summed E-state index contributed by atoms with van der Waals surface area (Å²) < 4.78 is 0.766. The van der Waals surface area contributed by atoms with Gasteiger partial charge in [0.25, 0.3) is 0 Å². The molecule has 0 aliphatic rings. The van der Waals surface area contributed by atoms with Crippen molar-refractivity contribution in [1.29, 1.82) is 0 Å². The van der Waals surface area contributed by atoms with Gasteiger partial charge in [-0.15, -0.1) is 0 Å². The third kappa shape index (κ3) is 2.72. The summed E-state index contributed by atoms with van der Waals surface area (Å²) in [7, 11) is 0. The molecule has 0 amide bonds. The summed E-state index contributed by atoms with van der Waals surface area (Å²) in [6.45, 7) is 3.64. The van der Waals surface area contributed by atoms with Gasteiger partial charge in [-0.3, -0.25) is 4.79 Å². The monoisotopic (exact) mass is 272 g/mol. The second kappa shape index (κ2) is 4.66. The number of phenolic OH excluding ortho intramolecular Hbond substituents is 1. The van der Waals surface area contributed by atoms with E-state index in [4.69, 9.17) is 5.11 Å². The van der Waals surface area contributed by atoms with Gasteiger partial charge in [0.1, 0.15) is 5.75 Å². The molecule has 2 N–H and O–H groups in total. The fourth-order valence-corrected chi connectivity index (χ4v) is 1.93. The van der Waals surface area contributed by atoms with Gasteiger partial charge in [-0.25, -0.2) is 0 Å². The molecule has 0 heterocycles. The molecule has 1 unspecified atom stereocenters. The van der Waals surface area contributed by atoms with E-state index >= 15 is 0 Å². The summed E-state index contributed by atoms with van der Waals surface area (Å²) in [6.07, 6.45) is 0. The van der Waals surface area contributed by atoms with E-state index in [1.165, 1.54) is 6.07 Å². The number of rotatable bonds is 3. The van der Waals surface area contributed by atoms with Crippen molar-refractivity contribution in [1.82, 2.24) is 0 Å². The lowest BCUT2D eigenvalue weighted by molar-refractivity contribution is -0.139. The van der Waals surface area contributed by atoms with E-state index in [2.05, 4.69) is 15.9 Å². The number of carbonyl (C=O) groups is 1. The number of hydrogen-bond donors (Lipinski definition) is 2. The Bertz CT molecular complexity index is 374. The van der Waals surface area contributed by atoms with Crippen LogP contribution in [0.25, 0.3) is 0 Å². The Kier molecular flexibility index (Phi) is 3.74. The lowest BCUT2D eigenvalue weighted by Crippen LogP contribution is -2.17. The Hall–Kier alpha value is -1.03. The summed E-state index contributed by atoms with van der Waals surface area (Å²) in [5.74, 6) is -1.64. The Morgan fingerprint density at radius 3 is 2.47 bits per heavy atom. The van der Waals surface area contributed by atoms with Crippen molar-refractivity contribution >= 4 is 21.9 Å². The standard InChI is InChI=1S/C11H13BrO3/c1-6(2)10(11(14)15)8-5-7(12)3-4-9(8)13/h3-6,10,13H,1-2H3,(H,14,15). The van der Waals surface area contributed by atoms with E-state index < -0.39 is 11.9 Å². The van der Waals surface area contributed by atoms with E-state index in [0.29, 0.717) is 5.56 Å². The van der Waals surface area contributed by atoms with Crippen LogP contribution < -0.4 is 0 Å². The normalized spacial score (nSPS) is 12.8. The van der Waals surface area contributed by atoms with Gasteiger partial charge in [0.05, 0.1) is 5.92 Å². The van der Waals surface area contributed by atoms with Crippen LogP contribution in [0.1, 0.15) is 25.3 Å². The molecule has 4 heteroatoms. The fraction of sp³-hybridized carbons (Fsp3) is 0.364.